The third-order valence-corrected chi connectivity index (χ3v) is 5.79. The summed E-state index contributed by atoms with van der Waals surface area (Å²) in [6, 6.07) is 9.51. The molecule has 0 heteroatoms. The Hall–Kier alpha value is -0.780. The summed E-state index contributed by atoms with van der Waals surface area (Å²) in [5, 5.41) is 0. The highest BCUT2D eigenvalue weighted by Gasteiger charge is 2.27. The van der Waals surface area contributed by atoms with Crippen molar-refractivity contribution in [2.75, 3.05) is 0 Å². The first kappa shape index (κ1) is 16.3. The lowest BCUT2D eigenvalue weighted by molar-refractivity contribution is 0.380. The van der Waals surface area contributed by atoms with Crippen molar-refractivity contribution in [2.24, 2.45) is 0 Å². The van der Waals surface area contributed by atoms with Crippen molar-refractivity contribution in [3.05, 3.63) is 35.4 Å². The molecule has 0 aliphatic carbocycles. The third kappa shape index (κ3) is 3.04. The van der Waals surface area contributed by atoms with E-state index in [2.05, 4.69) is 65.8 Å². The highest BCUT2D eigenvalue weighted by Crippen LogP contribution is 2.37. The summed E-state index contributed by atoms with van der Waals surface area (Å²) < 4.78 is 0. The Bertz CT molecular complexity index is 355. The Morgan fingerprint density at radius 3 is 1.32 bits per heavy atom. The Morgan fingerprint density at radius 1 is 0.632 bits per heavy atom. The Balaban J connectivity index is 3.11. The molecule has 108 valence electrons. The van der Waals surface area contributed by atoms with Gasteiger partial charge in [-0.15, -0.1) is 0 Å². The molecule has 0 aliphatic heterocycles. The van der Waals surface area contributed by atoms with Gasteiger partial charge in [-0.3, -0.25) is 0 Å². The van der Waals surface area contributed by atoms with Crippen LogP contribution in [0.25, 0.3) is 0 Å². The molecule has 0 aromatic heterocycles. The molecule has 0 heterocycles. The van der Waals surface area contributed by atoms with Crippen LogP contribution in [0.2, 0.25) is 0 Å². The summed E-state index contributed by atoms with van der Waals surface area (Å²) in [7, 11) is 0. The predicted molar refractivity (Wildman–Crippen MR) is 86.9 cm³/mol. The zero-order valence-electron chi connectivity index (χ0n) is 13.8. The van der Waals surface area contributed by atoms with Gasteiger partial charge >= 0.3 is 0 Å². The van der Waals surface area contributed by atoms with Crippen LogP contribution in [0.4, 0.5) is 0 Å². The van der Waals surface area contributed by atoms with Crippen molar-refractivity contribution in [1.29, 1.82) is 0 Å². The molecule has 1 aromatic rings. The van der Waals surface area contributed by atoms with Crippen LogP contribution >= 0.6 is 0 Å². The smallest absolute Gasteiger partial charge is 0.00548 e. The molecule has 0 amide bonds. The number of rotatable bonds is 7. The van der Waals surface area contributed by atoms with Gasteiger partial charge in [-0.1, -0.05) is 65.8 Å². The van der Waals surface area contributed by atoms with E-state index in [0.29, 0.717) is 10.8 Å². The maximum atomic E-state index is 2.38. The monoisotopic (exact) mass is 260 g/mol. The fraction of sp³-hybridized carbons (Fsp3) is 0.684. The Morgan fingerprint density at radius 2 is 1.00 bits per heavy atom. The summed E-state index contributed by atoms with van der Waals surface area (Å²) >= 11 is 0. The van der Waals surface area contributed by atoms with Crippen molar-refractivity contribution in [3.63, 3.8) is 0 Å². The number of hydrogen-bond donors (Lipinski definition) is 0. The molecular formula is C19H32. The molecule has 0 nitrogen and oxygen atoms in total. The minimum absolute atomic E-state index is 0.339. The Kier molecular flexibility index (Phi) is 5.64. The molecule has 0 atom stereocenters. The molecule has 0 fully saturated rings. The van der Waals surface area contributed by atoms with Gasteiger partial charge in [-0.25, -0.2) is 0 Å². The SMILES string of the molecule is CCC(C)(CC)c1ccc(C(CC)(CC)CC)cc1. The van der Waals surface area contributed by atoms with Gasteiger partial charge in [0.25, 0.3) is 0 Å². The third-order valence-electron chi connectivity index (χ3n) is 5.79. The van der Waals surface area contributed by atoms with Crippen LogP contribution in [0.1, 0.15) is 84.8 Å². The van der Waals surface area contributed by atoms with Gasteiger partial charge in [0.2, 0.25) is 0 Å². The topological polar surface area (TPSA) is 0 Å². The van der Waals surface area contributed by atoms with Crippen molar-refractivity contribution in [3.8, 4) is 0 Å². The van der Waals surface area contributed by atoms with Crippen LogP contribution in [0, 0.1) is 0 Å². The fourth-order valence-corrected chi connectivity index (χ4v) is 3.25. The quantitative estimate of drug-likeness (QED) is 0.545. The van der Waals surface area contributed by atoms with Crippen LogP contribution in [0.5, 0.6) is 0 Å². The Labute approximate surface area is 120 Å². The molecule has 0 bridgehead atoms. The summed E-state index contributed by atoms with van der Waals surface area (Å²) in [6.45, 7) is 13.9. The second-order valence-corrected chi connectivity index (χ2v) is 6.19. The molecule has 0 unspecified atom stereocenters. The molecule has 0 N–H and O–H groups in total. The summed E-state index contributed by atoms with van der Waals surface area (Å²) in [5.74, 6) is 0. The van der Waals surface area contributed by atoms with Crippen molar-refractivity contribution >= 4 is 0 Å². The van der Waals surface area contributed by atoms with Gasteiger partial charge in [-0.2, -0.15) is 0 Å². The highest BCUT2D eigenvalue weighted by molar-refractivity contribution is 5.33. The van der Waals surface area contributed by atoms with E-state index in [1.54, 1.807) is 0 Å². The molecule has 0 saturated carbocycles. The van der Waals surface area contributed by atoms with E-state index in [1.165, 1.54) is 43.2 Å². The zero-order chi connectivity index (χ0) is 14.5. The van der Waals surface area contributed by atoms with Gasteiger partial charge in [0, 0.05) is 0 Å². The summed E-state index contributed by atoms with van der Waals surface area (Å²) in [4.78, 5) is 0. The first-order chi connectivity index (χ1) is 9.01. The van der Waals surface area contributed by atoms with E-state index >= 15 is 0 Å². The van der Waals surface area contributed by atoms with E-state index in [0.717, 1.165) is 0 Å². The molecule has 1 aromatic carbocycles. The minimum atomic E-state index is 0.339. The van der Waals surface area contributed by atoms with Crippen LogP contribution in [0.3, 0.4) is 0 Å². The normalized spacial score (nSPS) is 12.7. The largest absolute Gasteiger partial charge is 0.0645 e. The predicted octanol–water partition coefficient (Wildman–Crippen LogP) is 6.23. The lowest BCUT2D eigenvalue weighted by Crippen LogP contribution is -2.24. The summed E-state index contributed by atoms with van der Waals surface area (Å²) in [6.07, 6.45) is 6.13. The maximum absolute atomic E-state index is 2.38. The van der Waals surface area contributed by atoms with Crippen molar-refractivity contribution in [1.82, 2.24) is 0 Å². The number of hydrogen-bond acceptors (Lipinski definition) is 0. The van der Waals surface area contributed by atoms with E-state index in [-0.39, 0.29) is 0 Å². The van der Waals surface area contributed by atoms with E-state index in [9.17, 15) is 0 Å². The van der Waals surface area contributed by atoms with Gasteiger partial charge in [0.15, 0.2) is 0 Å². The standard InChI is InChI=1S/C19H32/c1-7-18(6,8-2)16-12-14-17(15-13-16)19(9-3,10-4)11-5/h12-15H,7-11H2,1-6H3. The second-order valence-electron chi connectivity index (χ2n) is 6.19. The van der Waals surface area contributed by atoms with Crippen LogP contribution < -0.4 is 0 Å². The molecule has 1 rings (SSSR count). The molecule has 0 saturated heterocycles. The molecule has 19 heavy (non-hydrogen) atoms. The van der Waals surface area contributed by atoms with Gasteiger partial charge in [0.05, 0.1) is 0 Å². The average molecular weight is 260 g/mol. The summed E-state index contributed by atoms with van der Waals surface area (Å²) in [5.41, 5.74) is 3.75. The fourth-order valence-electron chi connectivity index (χ4n) is 3.25. The van der Waals surface area contributed by atoms with Crippen molar-refractivity contribution in [2.45, 2.75) is 84.5 Å². The first-order valence-corrected chi connectivity index (χ1v) is 8.12. The maximum Gasteiger partial charge on any atom is -0.00548 e. The van der Waals surface area contributed by atoms with Gasteiger partial charge in [-0.05, 0) is 54.1 Å². The van der Waals surface area contributed by atoms with Crippen LogP contribution in [-0.2, 0) is 10.8 Å². The van der Waals surface area contributed by atoms with Gasteiger partial charge in [0.1, 0.15) is 0 Å². The zero-order valence-corrected chi connectivity index (χ0v) is 13.8. The van der Waals surface area contributed by atoms with Gasteiger partial charge < -0.3 is 0 Å². The molecular weight excluding hydrogens is 228 g/mol. The lowest BCUT2D eigenvalue weighted by atomic mass is 9.72. The minimum Gasteiger partial charge on any atom is -0.0645 e. The van der Waals surface area contributed by atoms with Crippen LogP contribution in [0.15, 0.2) is 24.3 Å². The molecule has 0 radical (unpaired) electrons. The average Bonchev–Trinajstić information content (AvgIpc) is 2.49. The first-order valence-electron chi connectivity index (χ1n) is 8.12. The van der Waals surface area contributed by atoms with Crippen molar-refractivity contribution < 1.29 is 0 Å². The van der Waals surface area contributed by atoms with E-state index < -0.39 is 0 Å². The number of benzene rings is 1. The molecule has 0 spiro atoms. The van der Waals surface area contributed by atoms with E-state index in [4.69, 9.17) is 0 Å². The molecule has 0 aliphatic rings. The lowest BCUT2D eigenvalue weighted by Gasteiger charge is -2.33. The van der Waals surface area contributed by atoms with Crippen LogP contribution in [-0.4, -0.2) is 0 Å². The van der Waals surface area contributed by atoms with E-state index in [1.807, 2.05) is 0 Å². The highest BCUT2D eigenvalue weighted by atomic mass is 14.3. The second kappa shape index (κ2) is 6.59.